The van der Waals surface area contributed by atoms with Crippen molar-refractivity contribution in [2.24, 2.45) is 5.10 Å². The van der Waals surface area contributed by atoms with Crippen molar-refractivity contribution in [1.82, 2.24) is 15.6 Å². The first-order valence-electron chi connectivity index (χ1n) is 12.2. The fraction of sp³-hybridized carbons (Fsp3) is 0.207. The van der Waals surface area contributed by atoms with Gasteiger partial charge in [-0.05, 0) is 72.6 Å². The van der Waals surface area contributed by atoms with Crippen molar-refractivity contribution in [3.63, 3.8) is 0 Å². The lowest BCUT2D eigenvalue weighted by atomic mass is 10.1. The third kappa shape index (κ3) is 7.69. The number of nitrogens with one attached hydrogen (secondary N) is 2. The number of carbonyl (C=O) groups excluding carboxylic acids is 1. The lowest BCUT2D eigenvalue weighted by molar-refractivity contribution is 0.0950. The number of carbonyl (C=O) groups is 1. The van der Waals surface area contributed by atoms with Gasteiger partial charge in [-0.3, -0.25) is 9.89 Å². The Balaban J connectivity index is 1.27. The zero-order valence-corrected chi connectivity index (χ0v) is 21.4. The first-order valence-corrected chi connectivity index (χ1v) is 12.6. The number of halogens is 1. The number of H-pyrrole nitrogens is 1. The molecular weight excluding hydrogens is 488 g/mol. The Bertz CT molecular complexity index is 1320. The fourth-order valence-electron chi connectivity index (χ4n) is 3.50. The molecular formula is C29H29ClN4O3. The van der Waals surface area contributed by atoms with Crippen molar-refractivity contribution in [3.8, 4) is 22.8 Å². The predicted octanol–water partition coefficient (Wildman–Crippen LogP) is 6.64. The van der Waals surface area contributed by atoms with Gasteiger partial charge in [-0.15, -0.1) is 0 Å². The van der Waals surface area contributed by atoms with E-state index in [4.69, 9.17) is 21.1 Å². The highest BCUT2D eigenvalue weighted by molar-refractivity contribution is 6.31. The summed E-state index contributed by atoms with van der Waals surface area (Å²) in [6.07, 6.45) is 4.95. The molecule has 0 aliphatic carbocycles. The van der Waals surface area contributed by atoms with E-state index in [9.17, 15) is 4.79 Å². The predicted molar refractivity (Wildman–Crippen MR) is 146 cm³/mol. The van der Waals surface area contributed by atoms with Crippen LogP contribution in [0.2, 0.25) is 5.02 Å². The molecule has 4 aromatic rings. The van der Waals surface area contributed by atoms with E-state index in [0.29, 0.717) is 35.4 Å². The molecule has 4 rings (SSSR count). The van der Waals surface area contributed by atoms with Crippen LogP contribution in [-0.4, -0.2) is 28.9 Å². The summed E-state index contributed by atoms with van der Waals surface area (Å²) in [5, 5.41) is 11.7. The van der Waals surface area contributed by atoms with Crippen molar-refractivity contribution in [2.75, 3.05) is 6.61 Å². The van der Waals surface area contributed by atoms with Crippen molar-refractivity contribution in [3.05, 3.63) is 101 Å². The van der Waals surface area contributed by atoms with Crippen LogP contribution in [0.25, 0.3) is 11.3 Å². The van der Waals surface area contributed by atoms with Crippen LogP contribution in [0.5, 0.6) is 11.5 Å². The first kappa shape index (κ1) is 26.0. The molecule has 2 N–H and O–H groups in total. The van der Waals surface area contributed by atoms with E-state index in [1.165, 1.54) is 6.42 Å². The zero-order valence-electron chi connectivity index (χ0n) is 20.6. The largest absolute Gasteiger partial charge is 0.494 e. The molecule has 0 bridgehead atoms. The van der Waals surface area contributed by atoms with Crippen LogP contribution in [0.4, 0.5) is 0 Å². The van der Waals surface area contributed by atoms with Gasteiger partial charge in [0, 0.05) is 16.1 Å². The fourth-order valence-corrected chi connectivity index (χ4v) is 3.69. The molecule has 0 spiro atoms. The SMILES string of the molecule is CCCCCOc1ccc(/C=N\NC(=O)c2cc(-c3ccc(OCc4ccccc4Cl)cc3)n[nH]2)cc1. The maximum absolute atomic E-state index is 12.5. The molecule has 0 saturated carbocycles. The van der Waals surface area contributed by atoms with Gasteiger partial charge in [-0.25, -0.2) is 5.43 Å². The molecule has 0 aliphatic heterocycles. The van der Waals surface area contributed by atoms with Gasteiger partial charge >= 0.3 is 0 Å². The molecule has 7 nitrogen and oxygen atoms in total. The summed E-state index contributed by atoms with van der Waals surface area (Å²) >= 11 is 6.18. The van der Waals surface area contributed by atoms with Gasteiger partial charge in [0.25, 0.3) is 5.91 Å². The molecule has 1 heterocycles. The smallest absolute Gasteiger partial charge is 0.289 e. The van der Waals surface area contributed by atoms with E-state index in [1.807, 2.05) is 72.8 Å². The number of nitrogens with zero attached hydrogens (tertiary/aromatic N) is 2. The Morgan fingerprint density at radius 1 is 1.00 bits per heavy atom. The van der Waals surface area contributed by atoms with Gasteiger partial charge in [0.2, 0.25) is 0 Å². The highest BCUT2D eigenvalue weighted by Gasteiger charge is 2.11. The molecule has 0 fully saturated rings. The number of aromatic nitrogens is 2. The second kappa shape index (κ2) is 13.3. The number of hydrogen-bond donors (Lipinski definition) is 2. The lowest BCUT2D eigenvalue weighted by Crippen LogP contribution is -2.17. The minimum atomic E-state index is -0.384. The van der Waals surface area contributed by atoms with E-state index >= 15 is 0 Å². The van der Waals surface area contributed by atoms with Crippen molar-refractivity contribution < 1.29 is 14.3 Å². The molecule has 3 aromatic carbocycles. The maximum atomic E-state index is 12.5. The minimum Gasteiger partial charge on any atom is -0.494 e. The van der Waals surface area contributed by atoms with Crippen LogP contribution in [0, 0.1) is 0 Å². The van der Waals surface area contributed by atoms with Crippen LogP contribution >= 0.6 is 11.6 Å². The standard InChI is InChI=1S/C29H29ClN4O3/c1-2-3-6-17-36-24-13-9-21(10-14-24)19-31-34-29(35)28-18-27(32-33-28)22-11-15-25(16-12-22)37-20-23-7-4-5-8-26(23)30/h4-5,7-16,18-19H,2-3,6,17,20H2,1H3,(H,32,33)(H,34,35)/b31-19-. The molecule has 37 heavy (non-hydrogen) atoms. The third-order valence-electron chi connectivity index (χ3n) is 5.60. The highest BCUT2D eigenvalue weighted by atomic mass is 35.5. The summed E-state index contributed by atoms with van der Waals surface area (Å²) in [6, 6.07) is 24.3. The van der Waals surface area contributed by atoms with E-state index in [0.717, 1.165) is 35.3 Å². The summed E-state index contributed by atoms with van der Waals surface area (Å²) in [5.74, 6) is 1.15. The normalized spacial score (nSPS) is 11.0. The van der Waals surface area contributed by atoms with Gasteiger partial charge in [-0.1, -0.05) is 49.6 Å². The summed E-state index contributed by atoms with van der Waals surface area (Å²) in [7, 11) is 0. The summed E-state index contributed by atoms with van der Waals surface area (Å²) < 4.78 is 11.5. The molecule has 0 atom stereocenters. The first-order chi connectivity index (χ1) is 18.1. The minimum absolute atomic E-state index is 0.307. The number of benzene rings is 3. The maximum Gasteiger partial charge on any atom is 0.289 e. The summed E-state index contributed by atoms with van der Waals surface area (Å²) in [6.45, 7) is 3.26. The molecule has 1 amide bonds. The molecule has 0 unspecified atom stereocenters. The van der Waals surface area contributed by atoms with E-state index in [-0.39, 0.29) is 5.91 Å². The molecule has 0 aliphatic rings. The van der Waals surface area contributed by atoms with Gasteiger partial charge < -0.3 is 9.47 Å². The average Bonchev–Trinajstić information content (AvgIpc) is 3.42. The second-order valence-corrected chi connectivity index (χ2v) is 8.80. The Morgan fingerprint density at radius 2 is 1.73 bits per heavy atom. The van der Waals surface area contributed by atoms with E-state index in [2.05, 4.69) is 27.6 Å². The number of rotatable bonds is 12. The summed E-state index contributed by atoms with van der Waals surface area (Å²) in [4.78, 5) is 12.5. The average molecular weight is 517 g/mol. The molecule has 0 radical (unpaired) electrons. The van der Waals surface area contributed by atoms with Crippen LogP contribution in [0.3, 0.4) is 0 Å². The summed E-state index contributed by atoms with van der Waals surface area (Å²) in [5.41, 5.74) is 6.08. The lowest BCUT2D eigenvalue weighted by Gasteiger charge is -2.08. The topological polar surface area (TPSA) is 88.6 Å². The van der Waals surface area contributed by atoms with Crippen LogP contribution in [0.1, 0.15) is 47.8 Å². The van der Waals surface area contributed by atoms with Crippen LogP contribution < -0.4 is 14.9 Å². The quantitative estimate of drug-likeness (QED) is 0.125. The van der Waals surface area contributed by atoms with Crippen molar-refractivity contribution in [1.29, 1.82) is 0 Å². The number of hydrazone groups is 1. The highest BCUT2D eigenvalue weighted by Crippen LogP contribution is 2.23. The van der Waals surface area contributed by atoms with E-state index in [1.54, 1.807) is 12.3 Å². The van der Waals surface area contributed by atoms with Crippen LogP contribution in [0.15, 0.2) is 84.0 Å². The molecule has 190 valence electrons. The Morgan fingerprint density at radius 3 is 2.49 bits per heavy atom. The Hall–Kier alpha value is -4.10. The number of amides is 1. The number of hydrogen-bond acceptors (Lipinski definition) is 5. The second-order valence-electron chi connectivity index (χ2n) is 8.40. The third-order valence-corrected chi connectivity index (χ3v) is 5.97. The van der Waals surface area contributed by atoms with Crippen LogP contribution in [-0.2, 0) is 6.61 Å². The Kier molecular flexibility index (Phi) is 9.32. The Labute approximate surface area is 221 Å². The van der Waals surface area contributed by atoms with Crippen molar-refractivity contribution >= 4 is 23.7 Å². The monoisotopic (exact) mass is 516 g/mol. The number of aromatic amines is 1. The van der Waals surface area contributed by atoms with Crippen molar-refractivity contribution in [2.45, 2.75) is 32.8 Å². The zero-order chi connectivity index (χ0) is 25.9. The van der Waals surface area contributed by atoms with Gasteiger partial charge in [0.1, 0.15) is 23.8 Å². The molecule has 1 aromatic heterocycles. The van der Waals surface area contributed by atoms with Gasteiger partial charge in [0.15, 0.2) is 0 Å². The number of ether oxygens (including phenoxy) is 2. The molecule has 0 saturated heterocycles. The van der Waals surface area contributed by atoms with E-state index < -0.39 is 0 Å². The van der Waals surface area contributed by atoms with Gasteiger partial charge in [0.05, 0.1) is 18.5 Å². The van der Waals surface area contributed by atoms with Gasteiger partial charge in [-0.2, -0.15) is 10.2 Å². The molecule has 8 heteroatoms. The number of unbranched alkanes of at least 4 members (excludes halogenated alkanes) is 2.